The van der Waals surface area contributed by atoms with Crippen LogP contribution in [0.3, 0.4) is 0 Å². The van der Waals surface area contributed by atoms with Crippen LogP contribution in [0.25, 0.3) is 10.9 Å². The molecule has 1 aliphatic heterocycles. The number of benzene rings is 2. The molecule has 3 aromatic rings. The Morgan fingerprint density at radius 3 is 2.81 bits per heavy atom. The lowest BCUT2D eigenvalue weighted by Gasteiger charge is -2.13. The molecule has 1 aromatic heterocycles. The topological polar surface area (TPSA) is 89.7 Å². The van der Waals surface area contributed by atoms with E-state index in [1.807, 2.05) is 36.4 Å². The van der Waals surface area contributed by atoms with E-state index in [0.29, 0.717) is 23.7 Å². The summed E-state index contributed by atoms with van der Waals surface area (Å²) in [6.45, 7) is 2.03. The van der Waals surface area contributed by atoms with Gasteiger partial charge >= 0.3 is 5.97 Å². The molecule has 2 N–H and O–H groups in total. The van der Waals surface area contributed by atoms with E-state index in [2.05, 4.69) is 10.3 Å². The lowest BCUT2D eigenvalue weighted by atomic mass is 10.2. The fraction of sp³-hybridized carbons (Fsp3) is 0.200. The van der Waals surface area contributed by atoms with Gasteiger partial charge in [-0.2, -0.15) is 0 Å². The van der Waals surface area contributed by atoms with Gasteiger partial charge in [-0.05, 0) is 36.8 Å². The molecule has 138 valence electrons. The maximum atomic E-state index is 12.3. The Balaban J connectivity index is 1.34. The Morgan fingerprint density at radius 2 is 1.96 bits per heavy atom. The first-order valence-electron chi connectivity index (χ1n) is 8.55. The summed E-state index contributed by atoms with van der Waals surface area (Å²) in [6.07, 6.45) is -0.919. The summed E-state index contributed by atoms with van der Waals surface area (Å²) in [5.74, 6) is 0.389. The van der Waals surface area contributed by atoms with E-state index in [1.54, 1.807) is 12.1 Å². The average Bonchev–Trinajstić information content (AvgIpc) is 3.31. The van der Waals surface area contributed by atoms with Gasteiger partial charge in [0.1, 0.15) is 5.69 Å². The lowest BCUT2D eigenvalue weighted by molar-refractivity contribution is -0.129. The zero-order valence-corrected chi connectivity index (χ0v) is 14.7. The van der Waals surface area contributed by atoms with E-state index >= 15 is 0 Å². The molecular formula is C20H18N2O5. The van der Waals surface area contributed by atoms with E-state index in [0.717, 1.165) is 16.5 Å². The van der Waals surface area contributed by atoms with Gasteiger partial charge in [0.2, 0.25) is 6.79 Å². The van der Waals surface area contributed by atoms with Crippen LogP contribution >= 0.6 is 0 Å². The molecule has 27 heavy (non-hydrogen) atoms. The number of ether oxygens (including phenoxy) is 3. The molecular weight excluding hydrogens is 348 g/mol. The molecule has 0 aliphatic carbocycles. The van der Waals surface area contributed by atoms with Crippen LogP contribution in [-0.4, -0.2) is 29.8 Å². The highest BCUT2D eigenvalue weighted by molar-refractivity contribution is 5.96. The Morgan fingerprint density at radius 1 is 1.15 bits per heavy atom. The van der Waals surface area contributed by atoms with Crippen molar-refractivity contribution in [3.63, 3.8) is 0 Å². The van der Waals surface area contributed by atoms with E-state index in [9.17, 15) is 9.59 Å². The average molecular weight is 366 g/mol. The SMILES string of the molecule is C[C@H](OC(=O)c1cc2ccccc2[nH]1)C(=O)NCc1ccc2c(c1)OCO2. The Bertz CT molecular complexity index is 978. The van der Waals surface area contributed by atoms with Crippen LogP contribution in [0.2, 0.25) is 0 Å². The molecule has 1 aliphatic rings. The number of amides is 1. The second-order valence-corrected chi connectivity index (χ2v) is 6.22. The highest BCUT2D eigenvalue weighted by Gasteiger charge is 2.20. The van der Waals surface area contributed by atoms with Gasteiger partial charge in [0.15, 0.2) is 17.6 Å². The van der Waals surface area contributed by atoms with Gasteiger partial charge in [0.05, 0.1) is 0 Å². The number of esters is 1. The van der Waals surface area contributed by atoms with Gasteiger partial charge in [-0.1, -0.05) is 24.3 Å². The summed E-state index contributed by atoms with van der Waals surface area (Å²) in [6, 6.07) is 14.7. The zero-order valence-electron chi connectivity index (χ0n) is 14.7. The molecule has 7 nitrogen and oxygen atoms in total. The van der Waals surface area contributed by atoms with Crippen molar-refractivity contribution in [1.29, 1.82) is 0 Å². The number of aromatic nitrogens is 1. The first-order valence-corrected chi connectivity index (χ1v) is 8.55. The standard InChI is InChI=1S/C20H18N2O5/c1-12(27-20(24)16-9-14-4-2-3-5-15(14)22-16)19(23)21-10-13-6-7-17-18(8-13)26-11-25-17/h2-9,12,22H,10-11H2,1H3,(H,21,23)/t12-/m0/s1. The predicted octanol–water partition coefficient (Wildman–Crippen LogP) is 2.76. The Hall–Kier alpha value is -3.48. The van der Waals surface area contributed by atoms with Gasteiger partial charge in [-0.25, -0.2) is 4.79 Å². The van der Waals surface area contributed by atoms with Crippen molar-refractivity contribution in [2.45, 2.75) is 19.6 Å². The molecule has 2 aromatic carbocycles. The second-order valence-electron chi connectivity index (χ2n) is 6.22. The van der Waals surface area contributed by atoms with Crippen LogP contribution in [0.1, 0.15) is 23.0 Å². The summed E-state index contributed by atoms with van der Waals surface area (Å²) in [4.78, 5) is 27.5. The van der Waals surface area contributed by atoms with Gasteiger partial charge in [0, 0.05) is 17.4 Å². The maximum absolute atomic E-state index is 12.3. The fourth-order valence-electron chi connectivity index (χ4n) is 2.84. The van der Waals surface area contributed by atoms with Crippen LogP contribution in [-0.2, 0) is 16.1 Å². The number of hydrogen-bond donors (Lipinski definition) is 2. The van der Waals surface area contributed by atoms with E-state index < -0.39 is 12.1 Å². The third-order valence-electron chi connectivity index (χ3n) is 4.31. The first kappa shape index (κ1) is 17.0. The number of fused-ring (bicyclic) bond motifs is 2. The molecule has 1 atom stereocenters. The van der Waals surface area contributed by atoms with E-state index in [-0.39, 0.29) is 12.7 Å². The Labute approximate surface area is 155 Å². The third-order valence-corrected chi connectivity index (χ3v) is 4.31. The monoisotopic (exact) mass is 366 g/mol. The molecule has 0 unspecified atom stereocenters. The minimum absolute atomic E-state index is 0.200. The van der Waals surface area contributed by atoms with Crippen LogP contribution < -0.4 is 14.8 Å². The predicted molar refractivity (Wildman–Crippen MR) is 97.6 cm³/mol. The van der Waals surface area contributed by atoms with Crippen LogP contribution in [0, 0.1) is 0 Å². The number of hydrogen-bond acceptors (Lipinski definition) is 5. The van der Waals surface area contributed by atoms with Crippen molar-refractivity contribution in [1.82, 2.24) is 10.3 Å². The molecule has 0 fully saturated rings. The highest BCUT2D eigenvalue weighted by atomic mass is 16.7. The van der Waals surface area contributed by atoms with Crippen LogP contribution in [0.4, 0.5) is 0 Å². The molecule has 0 spiro atoms. The summed E-state index contributed by atoms with van der Waals surface area (Å²) >= 11 is 0. The molecule has 0 saturated carbocycles. The summed E-state index contributed by atoms with van der Waals surface area (Å²) in [7, 11) is 0. The number of carbonyl (C=O) groups excluding carboxylic acids is 2. The maximum Gasteiger partial charge on any atom is 0.355 e. The minimum atomic E-state index is -0.919. The quantitative estimate of drug-likeness (QED) is 0.678. The smallest absolute Gasteiger partial charge is 0.355 e. The highest BCUT2D eigenvalue weighted by Crippen LogP contribution is 2.32. The molecule has 7 heteroatoms. The van der Waals surface area contributed by atoms with Crippen molar-refractivity contribution >= 4 is 22.8 Å². The number of aromatic amines is 1. The van der Waals surface area contributed by atoms with Crippen molar-refractivity contribution in [2.75, 3.05) is 6.79 Å². The minimum Gasteiger partial charge on any atom is -0.454 e. The fourth-order valence-corrected chi connectivity index (χ4v) is 2.84. The number of rotatable bonds is 5. The van der Waals surface area contributed by atoms with Crippen molar-refractivity contribution in [2.24, 2.45) is 0 Å². The summed E-state index contributed by atoms with van der Waals surface area (Å²) < 4.78 is 15.8. The van der Waals surface area contributed by atoms with Crippen molar-refractivity contribution in [3.8, 4) is 11.5 Å². The molecule has 0 saturated heterocycles. The van der Waals surface area contributed by atoms with E-state index in [1.165, 1.54) is 6.92 Å². The number of H-pyrrole nitrogens is 1. The van der Waals surface area contributed by atoms with Crippen molar-refractivity contribution < 1.29 is 23.8 Å². The molecule has 0 bridgehead atoms. The van der Waals surface area contributed by atoms with Gasteiger partial charge < -0.3 is 24.5 Å². The van der Waals surface area contributed by atoms with Gasteiger partial charge in [-0.15, -0.1) is 0 Å². The second kappa shape index (κ2) is 7.03. The summed E-state index contributed by atoms with van der Waals surface area (Å²) in [5, 5.41) is 3.66. The normalized spacial score (nSPS) is 13.4. The first-order chi connectivity index (χ1) is 13.1. The largest absolute Gasteiger partial charge is 0.454 e. The van der Waals surface area contributed by atoms with E-state index in [4.69, 9.17) is 14.2 Å². The number of nitrogens with one attached hydrogen (secondary N) is 2. The molecule has 1 amide bonds. The number of carbonyl (C=O) groups is 2. The van der Waals surface area contributed by atoms with Gasteiger partial charge in [-0.3, -0.25) is 4.79 Å². The lowest BCUT2D eigenvalue weighted by Crippen LogP contribution is -2.35. The van der Waals surface area contributed by atoms with Crippen molar-refractivity contribution in [3.05, 3.63) is 59.8 Å². The molecule has 0 radical (unpaired) electrons. The Kier molecular flexibility index (Phi) is 4.42. The third kappa shape index (κ3) is 3.57. The van der Waals surface area contributed by atoms with Crippen LogP contribution in [0.5, 0.6) is 11.5 Å². The van der Waals surface area contributed by atoms with Gasteiger partial charge in [0.25, 0.3) is 5.91 Å². The van der Waals surface area contributed by atoms with Crippen LogP contribution in [0.15, 0.2) is 48.5 Å². The number of para-hydroxylation sites is 1. The summed E-state index contributed by atoms with van der Waals surface area (Å²) in [5.41, 5.74) is 2.01. The zero-order chi connectivity index (χ0) is 18.8. The molecule has 4 rings (SSSR count). The molecule has 2 heterocycles.